The average Bonchev–Trinajstić information content (AvgIpc) is 3.33. The van der Waals surface area contributed by atoms with Crippen LogP contribution in [-0.4, -0.2) is 34.7 Å². The summed E-state index contributed by atoms with van der Waals surface area (Å²) in [4.78, 5) is 22.1. The maximum absolute atomic E-state index is 12.4. The number of aromatic nitrogens is 2. The maximum atomic E-state index is 12.4. The number of hydroxylamine groups is 2. The van der Waals surface area contributed by atoms with Crippen molar-refractivity contribution in [3.05, 3.63) is 126 Å². The molecule has 0 aliphatic rings. The molecule has 1 aromatic heterocycles. The molecule has 0 bridgehead atoms. The van der Waals surface area contributed by atoms with Crippen LogP contribution in [0.2, 0.25) is 0 Å². The molecule has 0 unspecified atom stereocenters. The minimum absolute atomic E-state index is 0.0909. The highest BCUT2D eigenvalue weighted by Gasteiger charge is 2.39. The molecular formula is C27H27N3O2. The highest BCUT2D eigenvalue weighted by Crippen LogP contribution is 2.41. The Morgan fingerprint density at radius 2 is 1.34 bits per heavy atom. The largest absolute Gasteiger partial charge is 0.316 e. The molecule has 0 saturated carbocycles. The first kappa shape index (κ1) is 21.5. The van der Waals surface area contributed by atoms with E-state index < -0.39 is 5.54 Å². The summed E-state index contributed by atoms with van der Waals surface area (Å²) in [7, 11) is 3.11. The fourth-order valence-electron chi connectivity index (χ4n) is 4.26. The Morgan fingerprint density at radius 3 is 1.78 bits per heavy atom. The van der Waals surface area contributed by atoms with Crippen molar-refractivity contribution >= 4 is 5.91 Å². The molecule has 1 heterocycles. The second-order valence-corrected chi connectivity index (χ2v) is 7.60. The number of rotatable bonds is 8. The van der Waals surface area contributed by atoms with Crippen LogP contribution in [0.4, 0.5) is 0 Å². The molecule has 162 valence electrons. The van der Waals surface area contributed by atoms with Crippen LogP contribution in [0, 0.1) is 0 Å². The molecule has 4 aromatic rings. The van der Waals surface area contributed by atoms with Crippen LogP contribution in [0.5, 0.6) is 0 Å². The van der Waals surface area contributed by atoms with Crippen LogP contribution in [0.3, 0.4) is 0 Å². The van der Waals surface area contributed by atoms with Crippen molar-refractivity contribution < 1.29 is 9.63 Å². The van der Waals surface area contributed by atoms with Crippen molar-refractivity contribution in [1.82, 2.24) is 14.6 Å². The predicted molar refractivity (Wildman–Crippen MR) is 125 cm³/mol. The van der Waals surface area contributed by atoms with Gasteiger partial charge in [-0.3, -0.25) is 9.63 Å². The molecule has 0 N–H and O–H groups in total. The Morgan fingerprint density at radius 1 is 0.875 bits per heavy atom. The van der Waals surface area contributed by atoms with Gasteiger partial charge in [-0.2, -0.15) is 0 Å². The van der Waals surface area contributed by atoms with E-state index in [2.05, 4.69) is 82.3 Å². The van der Waals surface area contributed by atoms with E-state index in [-0.39, 0.29) is 5.91 Å². The number of hydrogen-bond acceptors (Lipinski definition) is 3. The van der Waals surface area contributed by atoms with Gasteiger partial charge in [-0.15, -0.1) is 0 Å². The summed E-state index contributed by atoms with van der Waals surface area (Å²) in [5.41, 5.74) is 2.73. The minimum Gasteiger partial charge on any atom is -0.316 e. The van der Waals surface area contributed by atoms with Gasteiger partial charge in [-0.1, -0.05) is 91.0 Å². The van der Waals surface area contributed by atoms with Gasteiger partial charge in [-0.05, 0) is 16.7 Å². The zero-order valence-electron chi connectivity index (χ0n) is 18.4. The lowest BCUT2D eigenvalue weighted by Gasteiger charge is -2.38. The molecule has 0 saturated heterocycles. The van der Waals surface area contributed by atoms with Crippen molar-refractivity contribution in [2.75, 3.05) is 14.2 Å². The molecule has 5 nitrogen and oxygen atoms in total. The summed E-state index contributed by atoms with van der Waals surface area (Å²) in [5, 5.41) is 1.26. The minimum atomic E-state index is -0.633. The van der Waals surface area contributed by atoms with E-state index in [0.717, 1.165) is 22.5 Å². The topological polar surface area (TPSA) is 47.4 Å². The molecule has 1 amide bonds. The van der Waals surface area contributed by atoms with Gasteiger partial charge in [0.25, 0.3) is 0 Å². The number of benzene rings is 3. The Labute approximate surface area is 188 Å². The van der Waals surface area contributed by atoms with Crippen molar-refractivity contribution in [1.29, 1.82) is 0 Å². The van der Waals surface area contributed by atoms with E-state index in [1.165, 1.54) is 12.2 Å². The molecule has 0 spiro atoms. The predicted octanol–water partition coefficient (Wildman–Crippen LogP) is 4.68. The number of amides is 1. The summed E-state index contributed by atoms with van der Waals surface area (Å²) in [6.07, 6.45) is 4.61. The molecule has 0 atom stereocenters. The average molecular weight is 426 g/mol. The highest BCUT2D eigenvalue weighted by atomic mass is 16.7. The van der Waals surface area contributed by atoms with E-state index in [1.807, 2.05) is 30.6 Å². The van der Waals surface area contributed by atoms with E-state index >= 15 is 0 Å². The monoisotopic (exact) mass is 425 g/mol. The van der Waals surface area contributed by atoms with Crippen LogP contribution >= 0.6 is 0 Å². The van der Waals surface area contributed by atoms with E-state index in [4.69, 9.17) is 4.84 Å². The van der Waals surface area contributed by atoms with Gasteiger partial charge < -0.3 is 4.57 Å². The zero-order valence-corrected chi connectivity index (χ0v) is 18.4. The van der Waals surface area contributed by atoms with E-state index in [1.54, 1.807) is 7.05 Å². The molecule has 3 aromatic carbocycles. The zero-order chi connectivity index (χ0) is 22.4. The Balaban J connectivity index is 1.93. The Bertz CT molecular complexity index is 1040. The van der Waals surface area contributed by atoms with Crippen LogP contribution in [-0.2, 0) is 21.6 Å². The number of carbonyl (C=O) groups is 1. The van der Waals surface area contributed by atoms with Gasteiger partial charge in [0.2, 0.25) is 5.91 Å². The van der Waals surface area contributed by atoms with Crippen LogP contribution in [0.25, 0.3) is 0 Å². The molecular weight excluding hydrogens is 398 g/mol. The van der Waals surface area contributed by atoms with Crippen molar-refractivity contribution in [3.63, 3.8) is 0 Å². The molecule has 32 heavy (non-hydrogen) atoms. The van der Waals surface area contributed by atoms with Gasteiger partial charge in [0, 0.05) is 32.3 Å². The first-order chi connectivity index (χ1) is 15.7. The second-order valence-electron chi connectivity index (χ2n) is 7.60. The Kier molecular flexibility index (Phi) is 6.47. The lowest BCUT2D eigenvalue weighted by Crippen LogP contribution is -2.38. The van der Waals surface area contributed by atoms with Crippen LogP contribution in [0.1, 0.15) is 28.9 Å². The highest BCUT2D eigenvalue weighted by molar-refractivity contribution is 5.74. The molecule has 0 aliphatic heterocycles. The third-order valence-corrected chi connectivity index (χ3v) is 5.84. The summed E-state index contributed by atoms with van der Waals surface area (Å²) in [5.74, 6) is 0.742. The molecule has 0 fully saturated rings. The number of hydrogen-bond donors (Lipinski definition) is 0. The summed E-state index contributed by atoms with van der Waals surface area (Å²) >= 11 is 0. The maximum Gasteiger partial charge on any atom is 0.246 e. The first-order valence-corrected chi connectivity index (χ1v) is 10.7. The van der Waals surface area contributed by atoms with Crippen molar-refractivity contribution in [3.8, 4) is 0 Å². The van der Waals surface area contributed by atoms with Crippen molar-refractivity contribution in [2.45, 2.75) is 18.4 Å². The van der Waals surface area contributed by atoms with Crippen LogP contribution in [0.15, 0.2) is 103 Å². The van der Waals surface area contributed by atoms with Crippen LogP contribution < -0.4 is 0 Å². The number of nitrogens with zero attached hydrogens (tertiary/aromatic N) is 3. The summed E-state index contributed by atoms with van der Waals surface area (Å²) in [6.45, 7) is 0. The fraction of sp³-hybridized carbons (Fsp3) is 0.185. The number of aryl methyl sites for hydroxylation is 1. The second kappa shape index (κ2) is 9.62. The smallest absolute Gasteiger partial charge is 0.246 e. The normalized spacial score (nSPS) is 11.3. The van der Waals surface area contributed by atoms with Gasteiger partial charge >= 0.3 is 0 Å². The third kappa shape index (κ3) is 3.95. The molecule has 0 radical (unpaired) electrons. The Hall–Kier alpha value is -3.70. The van der Waals surface area contributed by atoms with Gasteiger partial charge in [0.15, 0.2) is 0 Å². The quantitative estimate of drug-likeness (QED) is 0.304. The van der Waals surface area contributed by atoms with E-state index in [0.29, 0.717) is 12.8 Å². The van der Waals surface area contributed by atoms with Gasteiger partial charge in [0.1, 0.15) is 11.4 Å². The van der Waals surface area contributed by atoms with Gasteiger partial charge in [0.05, 0.1) is 7.11 Å². The first-order valence-electron chi connectivity index (χ1n) is 10.7. The molecule has 5 heteroatoms. The van der Waals surface area contributed by atoms with Gasteiger partial charge in [-0.25, -0.2) is 10.0 Å². The standard InChI is InChI=1S/C27H27N3O2/c1-29(32-2)26(31)19-18-25-28-20-21-30(25)27(22-12-6-3-7-13-22,23-14-8-4-9-15-23)24-16-10-5-11-17-24/h3-17,20-21H,18-19H2,1-2H3. The number of imidazole rings is 1. The summed E-state index contributed by atoms with van der Waals surface area (Å²) in [6, 6.07) is 31.3. The van der Waals surface area contributed by atoms with E-state index in [9.17, 15) is 4.79 Å². The number of carbonyl (C=O) groups excluding carboxylic acids is 1. The lowest BCUT2D eigenvalue weighted by atomic mass is 9.76. The summed E-state index contributed by atoms with van der Waals surface area (Å²) < 4.78 is 2.20. The van der Waals surface area contributed by atoms with Crippen molar-refractivity contribution in [2.24, 2.45) is 0 Å². The molecule has 0 aliphatic carbocycles. The fourth-order valence-corrected chi connectivity index (χ4v) is 4.26. The lowest BCUT2D eigenvalue weighted by molar-refractivity contribution is -0.168. The third-order valence-electron chi connectivity index (χ3n) is 5.84. The SMILES string of the molecule is CON(C)C(=O)CCc1nccn1C(c1ccccc1)(c1ccccc1)c1ccccc1. The molecule has 4 rings (SSSR count).